The average molecular weight is 300 g/mol. The third kappa shape index (κ3) is 5.93. The molecule has 0 heterocycles. The standard InChI is InChI=1S/C14H18ClNO4/c1-9(2)3-6-13(17)16-10-4-5-12(11(15)7-10)20-8-14(18)19/h4-5,7,9H,3,6,8H2,1-2H3,(H,16,17)(H,18,19). The number of anilines is 1. The number of carbonyl (C=O) groups excluding carboxylic acids is 1. The molecule has 20 heavy (non-hydrogen) atoms. The number of carbonyl (C=O) groups is 2. The van der Waals surface area contributed by atoms with Crippen LogP contribution in [0.5, 0.6) is 5.75 Å². The molecule has 0 bridgehead atoms. The summed E-state index contributed by atoms with van der Waals surface area (Å²) in [7, 11) is 0. The number of amides is 1. The highest BCUT2D eigenvalue weighted by Gasteiger charge is 2.08. The number of rotatable bonds is 7. The highest BCUT2D eigenvalue weighted by molar-refractivity contribution is 6.32. The molecule has 1 aromatic rings. The number of halogens is 1. The number of aliphatic carboxylic acids is 1. The molecule has 0 unspecified atom stereocenters. The number of nitrogens with one attached hydrogen (secondary N) is 1. The van der Waals surface area contributed by atoms with E-state index < -0.39 is 12.6 Å². The predicted molar refractivity (Wildman–Crippen MR) is 77.3 cm³/mol. The molecular weight excluding hydrogens is 282 g/mol. The zero-order chi connectivity index (χ0) is 15.1. The summed E-state index contributed by atoms with van der Waals surface area (Å²) in [5, 5.41) is 11.5. The first-order chi connectivity index (χ1) is 9.38. The van der Waals surface area contributed by atoms with Gasteiger partial charge in [0, 0.05) is 12.1 Å². The van der Waals surface area contributed by atoms with Crippen LogP contribution in [0.1, 0.15) is 26.7 Å². The van der Waals surface area contributed by atoms with Crippen molar-refractivity contribution in [2.24, 2.45) is 5.92 Å². The Morgan fingerprint density at radius 2 is 2.10 bits per heavy atom. The van der Waals surface area contributed by atoms with Gasteiger partial charge in [0.1, 0.15) is 5.75 Å². The van der Waals surface area contributed by atoms with Crippen LogP contribution < -0.4 is 10.1 Å². The molecule has 110 valence electrons. The minimum Gasteiger partial charge on any atom is -0.480 e. The van der Waals surface area contributed by atoms with Crippen molar-refractivity contribution in [2.75, 3.05) is 11.9 Å². The molecule has 0 radical (unpaired) electrons. The van der Waals surface area contributed by atoms with Crippen LogP contribution in [0, 0.1) is 5.92 Å². The van der Waals surface area contributed by atoms with Crippen molar-refractivity contribution < 1.29 is 19.4 Å². The van der Waals surface area contributed by atoms with Crippen LogP contribution in [-0.4, -0.2) is 23.6 Å². The van der Waals surface area contributed by atoms with Crippen LogP contribution in [0.25, 0.3) is 0 Å². The van der Waals surface area contributed by atoms with E-state index in [1.165, 1.54) is 12.1 Å². The number of carboxylic acid groups (broad SMARTS) is 1. The number of ether oxygens (including phenoxy) is 1. The molecule has 0 fully saturated rings. The first-order valence-electron chi connectivity index (χ1n) is 6.32. The minimum atomic E-state index is -1.08. The summed E-state index contributed by atoms with van der Waals surface area (Å²) < 4.78 is 4.99. The monoisotopic (exact) mass is 299 g/mol. The van der Waals surface area contributed by atoms with Crippen LogP contribution in [0.4, 0.5) is 5.69 Å². The number of carboxylic acids is 1. The summed E-state index contributed by atoms with van der Waals surface area (Å²) in [4.78, 5) is 22.1. The Kier molecular flexibility index (Phi) is 6.31. The maximum Gasteiger partial charge on any atom is 0.341 e. The Morgan fingerprint density at radius 3 is 2.65 bits per heavy atom. The van der Waals surface area contributed by atoms with Gasteiger partial charge in [-0.05, 0) is 30.5 Å². The molecule has 0 aromatic heterocycles. The van der Waals surface area contributed by atoms with Gasteiger partial charge in [0.15, 0.2) is 6.61 Å². The Morgan fingerprint density at radius 1 is 1.40 bits per heavy atom. The van der Waals surface area contributed by atoms with E-state index in [0.29, 0.717) is 18.0 Å². The molecule has 0 spiro atoms. The predicted octanol–water partition coefficient (Wildman–Crippen LogP) is 3.18. The van der Waals surface area contributed by atoms with Gasteiger partial charge in [0.05, 0.1) is 5.02 Å². The van der Waals surface area contributed by atoms with Gasteiger partial charge in [-0.2, -0.15) is 0 Å². The van der Waals surface area contributed by atoms with Gasteiger partial charge < -0.3 is 15.2 Å². The number of hydrogen-bond donors (Lipinski definition) is 2. The van der Waals surface area contributed by atoms with E-state index in [1.54, 1.807) is 6.07 Å². The van der Waals surface area contributed by atoms with E-state index in [-0.39, 0.29) is 16.7 Å². The van der Waals surface area contributed by atoms with Gasteiger partial charge >= 0.3 is 5.97 Å². The average Bonchev–Trinajstić information content (AvgIpc) is 2.35. The van der Waals surface area contributed by atoms with Crippen molar-refractivity contribution >= 4 is 29.2 Å². The minimum absolute atomic E-state index is 0.0750. The fraction of sp³-hybridized carbons (Fsp3) is 0.429. The topological polar surface area (TPSA) is 75.6 Å². The molecule has 0 aliphatic carbocycles. The lowest BCUT2D eigenvalue weighted by atomic mass is 10.1. The van der Waals surface area contributed by atoms with Crippen molar-refractivity contribution in [2.45, 2.75) is 26.7 Å². The van der Waals surface area contributed by atoms with Crippen LogP contribution in [0.2, 0.25) is 5.02 Å². The highest BCUT2D eigenvalue weighted by Crippen LogP contribution is 2.27. The number of benzene rings is 1. The molecule has 2 N–H and O–H groups in total. The maximum atomic E-state index is 11.7. The van der Waals surface area contributed by atoms with Crippen LogP contribution in [0.3, 0.4) is 0 Å². The molecule has 0 saturated heterocycles. The van der Waals surface area contributed by atoms with Gasteiger partial charge in [-0.15, -0.1) is 0 Å². The summed E-state index contributed by atoms with van der Waals surface area (Å²) in [6.45, 7) is 3.65. The van der Waals surface area contributed by atoms with Crippen LogP contribution in [-0.2, 0) is 9.59 Å². The second-order valence-electron chi connectivity index (χ2n) is 4.81. The van der Waals surface area contributed by atoms with Crippen molar-refractivity contribution in [3.63, 3.8) is 0 Å². The number of hydrogen-bond acceptors (Lipinski definition) is 3. The molecular formula is C14H18ClNO4. The van der Waals surface area contributed by atoms with Gasteiger partial charge in [0.2, 0.25) is 5.91 Å². The second-order valence-corrected chi connectivity index (χ2v) is 5.22. The molecule has 0 aliphatic rings. The quantitative estimate of drug-likeness (QED) is 0.811. The summed E-state index contributed by atoms with van der Waals surface area (Å²) in [5.41, 5.74) is 0.562. The maximum absolute atomic E-state index is 11.7. The molecule has 1 amide bonds. The van der Waals surface area contributed by atoms with E-state index in [9.17, 15) is 9.59 Å². The van der Waals surface area contributed by atoms with E-state index in [1.807, 2.05) is 0 Å². The summed E-state index contributed by atoms with van der Waals surface area (Å²) in [6, 6.07) is 4.69. The Balaban J connectivity index is 2.58. The molecule has 5 nitrogen and oxygen atoms in total. The lowest BCUT2D eigenvalue weighted by molar-refractivity contribution is -0.139. The zero-order valence-electron chi connectivity index (χ0n) is 11.5. The fourth-order valence-electron chi connectivity index (χ4n) is 1.48. The molecule has 1 aromatic carbocycles. The van der Waals surface area contributed by atoms with E-state index >= 15 is 0 Å². The van der Waals surface area contributed by atoms with Crippen molar-refractivity contribution in [3.8, 4) is 5.75 Å². The van der Waals surface area contributed by atoms with E-state index in [4.69, 9.17) is 21.4 Å². The smallest absolute Gasteiger partial charge is 0.341 e. The van der Waals surface area contributed by atoms with Gasteiger partial charge in [-0.1, -0.05) is 25.4 Å². The van der Waals surface area contributed by atoms with E-state index in [0.717, 1.165) is 6.42 Å². The molecule has 6 heteroatoms. The first-order valence-corrected chi connectivity index (χ1v) is 6.70. The van der Waals surface area contributed by atoms with Gasteiger partial charge in [-0.3, -0.25) is 4.79 Å². The summed E-state index contributed by atoms with van der Waals surface area (Å²) >= 11 is 5.95. The highest BCUT2D eigenvalue weighted by atomic mass is 35.5. The normalized spacial score (nSPS) is 10.4. The van der Waals surface area contributed by atoms with Crippen LogP contribution in [0.15, 0.2) is 18.2 Å². The Bertz CT molecular complexity index is 488. The largest absolute Gasteiger partial charge is 0.480 e. The molecule has 1 rings (SSSR count). The third-order valence-electron chi connectivity index (χ3n) is 2.52. The fourth-order valence-corrected chi connectivity index (χ4v) is 1.71. The summed E-state index contributed by atoms with van der Waals surface area (Å²) in [5.74, 6) is -0.411. The van der Waals surface area contributed by atoms with Crippen molar-refractivity contribution in [1.82, 2.24) is 0 Å². The molecule has 0 atom stereocenters. The molecule has 0 saturated carbocycles. The lowest BCUT2D eigenvalue weighted by Crippen LogP contribution is -2.12. The van der Waals surface area contributed by atoms with Gasteiger partial charge in [-0.25, -0.2) is 4.79 Å². The lowest BCUT2D eigenvalue weighted by Gasteiger charge is -2.09. The Hall–Kier alpha value is -1.75. The van der Waals surface area contributed by atoms with Crippen molar-refractivity contribution in [1.29, 1.82) is 0 Å². The first kappa shape index (κ1) is 16.3. The Labute approximate surface area is 122 Å². The second kappa shape index (κ2) is 7.75. The molecule has 0 aliphatic heterocycles. The van der Waals surface area contributed by atoms with Crippen LogP contribution >= 0.6 is 11.6 Å². The van der Waals surface area contributed by atoms with Crippen molar-refractivity contribution in [3.05, 3.63) is 23.2 Å². The third-order valence-corrected chi connectivity index (χ3v) is 2.81. The SMILES string of the molecule is CC(C)CCC(=O)Nc1ccc(OCC(=O)O)c(Cl)c1. The summed E-state index contributed by atoms with van der Waals surface area (Å²) in [6.07, 6.45) is 1.27. The zero-order valence-corrected chi connectivity index (χ0v) is 12.2. The van der Waals surface area contributed by atoms with Gasteiger partial charge in [0.25, 0.3) is 0 Å². The van der Waals surface area contributed by atoms with E-state index in [2.05, 4.69) is 19.2 Å².